The van der Waals surface area contributed by atoms with Gasteiger partial charge in [-0.1, -0.05) is 170 Å². The molecule has 0 aliphatic rings. The fourth-order valence-corrected chi connectivity index (χ4v) is 14.4. The van der Waals surface area contributed by atoms with Crippen molar-refractivity contribution in [1.82, 2.24) is 24.1 Å². The van der Waals surface area contributed by atoms with Crippen LogP contribution in [-0.2, 0) is 0 Å². The molecule has 0 unspecified atom stereocenters. The molecule has 8 heteroatoms. The van der Waals surface area contributed by atoms with Crippen molar-refractivity contribution >= 4 is 107 Å². The van der Waals surface area contributed by atoms with E-state index in [4.69, 9.17) is 15.0 Å². The molecule has 0 saturated heterocycles. The summed E-state index contributed by atoms with van der Waals surface area (Å²) in [5, 5.41) is 20.0. The first-order valence-electron chi connectivity index (χ1n) is 26.0. The molecule has 0 fully saturated rings. The molecule has 5 heterocycles. The molecule has 5 aromatic heterocycles. The lowest BCUT2D eigenvalue weighted by Crippen LogP contribution is -2.04. The van der Waals surface area contributed by atoms with E-state index >= 15 is 0 Å². The summed E-state index contributed by atoms with van der Waals surface area (Å²) in [4.78, 5) is 16.1. The first kappa shape index (κ1) is 44.3. The molecule has 0 radical (unpaired) electrons. The maximum Gasteiger partial charge on any atom is 0.166 e. The number of benzene rings is 11. The Morgan fingerprint density at radius 3 is 1.33 bits per heavy atom. The average molecular weight is 1030 g/mol. The van der Waals surface area contributed by atoms with E-state index in [9.17, 15) is 5.26 Å². The monoisotopic (exact) mass is 1030 g/mol. The number of aromatic nitrogens is 5. The Morgan fingerprint density at radius 1 is 0.321 bits per heavy atom. The van der Waals surface area contributed by atoms with Crippen LogP contribution in [0.15, 0.2) is 243 Å². The summed E-state index contributed by atoms with van der Waals surface area (Å²) < 4.78 is 9.94. The van der Waals surface area contributed by atoms with Crippen LogP contribution in [0.1, 0.15) is 5.56 Å². The molecular weight excluding hydrogens is 989 g/mol. The van der Waals surface area contributed by atoms with E-state index in [1.165, 1.54) is 61.9 Å². The van der Waals surface area contributed by atoms with Crippen molar-refractivity contribution in [3.05, 3.63) is 248 Å². The topological polar surface area (TPSA) is 72.3 Å². The molecular formula is C70H40N6S2. The predicted molar refractivity (Wildman–Crippen MR) is 326 cm³/mol. The number of hydrogen-bond acceptors (Lipinski definition) is 6. The predicted octanol–water partition coefficient (Wildman–Crippen LogP) is 19.0. The summed E-state index contributed by atoms with van der Waals surface area (Å²) in [7, 11) is 0. The Hall–Kier alpha value is -10.0. The van der Waals surface area contributed by atoms with Gasteiger partial charge in [-0.15, -0.1) is 22.7 Å². The Balaban J connectivity index is 1.02. The van der Waals surface area contributed by atoms with Crippen LogP contribution in [-0.4, -0.2) is 24.1 Å². The third-order valence-electron chi connectivity index (χ3n) is 15.4. The molecule has 0 atom stereocenters. The summed E-state index contributed by atoms with van der Waals surface area (Å²) in [5.41, 5.74) is 13.6. The quantitative estimate of drug-likeness (QED) is 0.159. The van der Waals surface area contributed by atoms with Crippen LogP contribution in [0.5, 0.6) is 0 Å². The molecule has 6 nitrogen and oxygen atoms in total. The summed E-state index contributed by atoms with van der Waals surface area (Å²) in [6.45, 7) is 0. The highest BCUT2D eigenvalue weighted by atomic mass is 32.1. The highest BCUT2D eigenvalue weighted by Gasteiger charge is 2.25. The van der Waals surface area contributed by atoms with Crippen LogP contribution in [0.2, 0.25) is 0 Å². The normalized spacial score (nSPS) is 11.8. The van der Waals surface area contributed by atoms with Gasteiger partial charge in [0, 0.05) is 84.1 Å². The molecule has 11 aromatic carbocycles. The summed E-state index contributed by atoms with van der Waals surface area (Å²) in [6.07, 6.45) is 0. The lowest BCUT2D eigenvalue weighted by atomic mass is 9.94. The molecule has 16 rings (SSSR count). The van der Waals surface area contributed by atoms with Crippen LogP contribution < -0.4 is 0 Å². The van der Waals surface area contributed by atoms with Gasteiger partial charge in [-0.3, -0.25) is 0 Å². The van der Waals surface area contributed by atoms with E-state index in [1.807, 2.05) is 77.3 Å². The van der Waals surface area contributed by atoms with E-state index < -0.39 is 0 Å². The average Bonchev–Trinajstić information content (AvgIpc) is 4.42. The number of thiophene rings is 2. The van der Waals surface area contributed by atoms with Crippen molar-refractivity contribution in [2.24, 2.45) is 0 Å². The van der Waals surface area contributed by atoms with Gasteiger partial charge in [-0.25, -0.2) is 15.0 Å². The van der Waals surface area contributed by atoms with Gasteiger partial charge in [0.15, 0.2) is 17.5 Å². The largest absolute Gasteiger partial charge is 0.309 e. The Kier molecular flexibility index (Phi) is 9.94. The lowest BCUT2D eigenvalue weighted by Gasteiger charge is -2.19. The van der Waals surface area contributed by atoms with Gasteiger partial charge >= 0.3 is 0 Å². The second-order valence-corrected chi connectivity index (χ2v) is 21.9. The highest BCUT2D eigenvalue weighted by molar-refractivity contribution is 7.27. The number of para-hydroxylation sites is 2. The van der Waals surface area contributed by atoms with Crippen LogP contribution in [0.25, 0.3) is 152 Å². The number of nitrogens with zero attached hydrogens (tertiary/aromatic N) is 6. The van der Waals surface area contributed by atoms with E-state index in [0.717, 1.165) is 72.4 Å². The fourth-order valence-electron chi connectivity index (χ4n) is 11.9. The molecule has 0 saturated carbocycles. The molecule has 0 aliphatic heterocycles. The molecule has 0 spiro atoms. The molecule has 0 amide bonds. The zero-order chi connectivity index (χ0) is 51.4. The molecule has 0 aliphatic carbocycles. The van der Waals surface area contributed by atoms with Crippen molar-refractivity contribution in [3.8, 4) is 73.9 Å². The van der Waals surface area contributed by atoms with Crippen LogP contribution in [0, 0.1) is 11.3 Å². The summed E-state index contributed by atoms with van der Waals surface area (Å²) in [6, 6.07) is 88.4. The molecule has 362 valence electrons. The summed E-state index contributed by atoms with van der Waals surface area (Å²) >= 11 is 3.71. The first-order chi connectivity index (χ1) is 38.6. The van der Waals surface area contributed by atoms with Crippen molar-refractivity contribution in [3.63, 3.8) is 0 Å². The fraction of sp³-hybridized carbons (Fsp3) is 0. The second-order valence-electron chi connectivity index (χ2n) is 19.8. The van der Waals surface area contributed by atoms with Gasteiger partial charge in [-0.2, -0.15) is 5.26 Å². The number of fused-ring (bicyclic) bond motifs is 14. The van der Waals surface area contributed by atoms with Crippen LogP contribution in [0.4, 0.5) is 0 Å². The molecule has 78 heavy (non-hydrogen) atoms. The van der Waals surface area contributed by atoms with Gasteiger partial charge in [0.1, 0.15) is 0 Å². The SMILES string of the molecule is N#Cc1cccc(-c2ccc(-n3c4ccccc4c4c5sc6ccccc6c5ccc43)c(-c3ccc(-n4c5ccccc5c5c6sc7ccccc7c6ccc54)c(-c4nc(-c5ccccc5)nc(-c5ccccc5)n4)c3)c2)c1. The molecule has 16 aromatic rings. The highest BCUT2D eigenvalue weighted by Crippen LogP contribution is 2.48. The van der Waals surface area contributed by atoms with E-state index in [2.05, 4.69) is 203 Å². The maximum absolute atomic E-state index is 10.1. The zero-order valence-electron chi connectivity index (χ0n) is 41.6. The summed E-state index contributed by atoms with van der Waals surface area (Å²) in [5.74, 6) is 1.72. The van der Waals surface area contributed by atoms with Gasteiger partial charge in [0.2, 0.25) is 0 Å². The number of hydrogen-bond donors (Lipinski definition) is 0. The second kappa shape index (κ2) is 17.5. The van der Waals surface area contributed by atoms with Crippen molar-refractivity contribution in [1.29, 1.82) is 5.26 Å². The number of rotatable bonds is 7. The van der Waals surface area contributed by atoms with Gasteiger partial charge in [0.25, 0.3) is 0 Å². The third-order valence-corrected chi connectivity index (χ3v) is 17.8. The smallest absolute Gasteiger partial charge is 0.166 e. The number of nitriles is 1. The lowest BCUT2D eigenvalue weighted by molar-refractivity contribution is 1.06. The minimum absolute atomic E-state index is 0.553. The van der Waals surface area contributed by atoms with E-state index in [-0.39, 0.29) is 0 Å². The Bertz CT molecular complexity index is 5120. The van der Waals surface area contributed by atoms with Gasteiger partial charge in [0.05, 0.1) is 45.1 Å². The van der Waals surface area contributed by atoms with Gasteiger partial charge in [-0.05, 0) is 89.5 Å². The van der Waals surface area contributed by atoms with Crippen LogP contribution >= 0.6 is 22.7 Å². The minimum atomic E-state index is 0.553. The third kappa shape index (κ3) is 6.82. The van der Waals surface area contributed by atoms with E-state index in [1.54, 1.807) is 0 Å². The first-order valence-corrected chi connectivity index (χ1v) is 27.6. The van der Waals surface area contributed by atoms with Crippen molar-refractivity contribution in [2.45, 2.75) is 0 Å². The van der Waals surface area contributed by atoms with Crippen molar-refractivity contribution < 1.29 is 0 Å². The van der Waals surface area contributed by atoms with E-state index in [0.29, 0.717) is 23.0 Å². The van der Waals surface area contributed by atoms with Gasteiger partial charge < -0.3 is 9.13 Å². The van der Waals surface area contributed by atoms with Crippen LogP contribution in [0.3, 0.4) is 0 Å². The van der Waals surface area contributed by atoms with Crippen molar-refractivity contribution in [2.75, 3.05) is 0 Å². The standard InChI is InChI=1S/C70H40N6S2/c71-41-42-16-15-21-45(38-42)46-30-34-58(75-56-26-11-7-24-52(56)64-60(75)36-32-50-48-22-9-13-28-62(48)77-66(50)64)54(39-46)47-31-35-59(55(40-47)70-73-68(43-17-3-1-4-18-43)72-69(74-70)44-19-5-2-6-20-44)76-57-27-12-8-25-53(57)65-61(76)37-33-51-49-23-10-14-29-63(49)78-67(51)65/h1-40H. The minimum Gasteiger partial charge on any atom is -0.309 e. The Labute approximate surface area is 455 Å². The molecule has 0 bridgehead atoms. The maximum atomic E-state index is 10.1. The Morgan fingerprint density at radius 2 is 0.769 bits per heavy atom. The molecule has 0 N–H and O–H groups in total. The zero-order valence-corrected chi connectivity index (χ0v) is 43.2.